The molecule has 0 spiro atoms. The van der Waals surface area contributed by atoms with Crippen molar-refractivity contribution in [2.45, 2.75) is 19.9 Å². The lowest BCUT2D eigenvalue weighted by molar-refractivity contribution is 0.211. The van der Waals surface area contributed by atoms with E-state index < -0.39 is 0 Å². The molecule has 2 rings (SSSR count). The van der Waals surface area contributed by atoms with E-state index >= 15 is 0 Å². The second-order valence-electron chi connectivity index (χ2n) is 6.12. The summed E-state index contributed by atoms with van der Waals surface area (Å²) in [5.74, 6) is 0.821. The van der Waals surface area contributed by atoms with Crippen LogP contribution in [0.15, 0.2) is 53.5 Å². The van der Waals surface area contributed by atoms with Gasteiger partial charge in [0.1, 0.15) is 0 Å². The number of nitrogens with zero attached hydrogens (tertiary/aromatic N) is 1. The summed E-state index contributed by atoms with van der Waals surface area (Å²) in [6.45, 7) is 5.81. The topological polar surface area (TPSA) is 57.7 Å². The highest BCUT2D eigenvalue weighted by molar-refractivity contribution is 14.0. The third-order valence-electron chi connectivity index (χ3n) is 3.95. The first-order chi connectivity index (χ1) is 13.2. The van der Waals surface area contributed by atoms with Crippen molar-refractivity contribution in [3.63, 3.8) is 0 Å². The summed E-state index contributed by atoms with van der Waals surface area (Å²) in [7, 11) is 1.70. The molecule has 28 heavy (non-hydrogen) atoms. The SMILES string of the molecule is CCNC(=NCc1ccc(NCCOC)cc1)NCCc1cccc(Cl)c1.I. The van der Waals surface area contributed by atoms with Gasteiger partial charge in [-0.15, -0.1) is 24.0 Å². The molecule has 0 amide bonds. The van der Waals surface area contributed by atoms with Crippen molar-refractivity contribution in [3.05, 3.63) is 64.7 Å². The first-order valence-electron chi connectivity index (χ1n) is 9.29. The summed E-state index contributed by atoms with van der Waals surface area (Å²) < 4.78 is 5.04. The molecule has 0 aromatic heterocycles. The lowest BCUT2D eigenvalue weighted by atomic mass is 10.1. The predicted octanol–water partition coefficient (Wildman–Crippen LogP) is 4.31. The van der Waals surface area contributed by atoms with Gasteiger partial charge in [0.2, 0.25) is 0 Å². The molecule has 7 heteroatoms. The number of rotatable bonds is 10. The van der Waals surface area contributed by atoms with Crippen molar-refractivity contribution in [1.29, 1.82) is 0 Å². The highest BCUT2D eigenvalue weighted by Crippen LogP contribution is 2.11. The molecule has 3 N–H and O–H groups in total. The fourth-order valence-corrected chi connectivity index (χ4v) is 2.77. The van der Waals surface area contributed by atoms with E-state index in [-0.39, 0.29) is 24.0 Å². The standard InChI is InChI=1S/C21H29ClN4O.HI/c1-3-23-21(25-12-11-17-5-4-6-19(22)15-17)26-16-18-7-9-20(10-8-18)24-13-14-27-2;/h4-10,15,24H,3,11-14,16H2,1-2H3,(H2,23,25,26);1H. The molecule has 0 heterocycles. The van der Waals surface area contributed by atoms with Crippen LogP contribution >= 0.6 is 35.6 Å². The smallest absolute Gasteiger partial charge is 0.191 e. The van der Waals surface area contributed by atoms with Gasteiger partial charge in [-0.05, 0) is 48.7 Å². The Hall–Kier alpha value is -1.51. The first kappa shape index (κ1) is 24.5. The van der Waals surface area contributed by atoms with Gasteiger partial charge in [0.05, 0.1) is 13.2 Å². The molecule has 0 saturated heterocycles. The first-order valence-corrected chi connectivity index (χ1v) is 9.67. The molecule has 0 bridgehead atoms. The Kier molecular flexibility index (Phi) is 12.7. The Morgan fingerprint density at radius 3 is 2.50 bits per heavy atom. The van der Waals surface area contributed by atoms with Crippen molar-refractivity contribution in [2.24, 2.45) is 4.99 Å². The van der Waals surface area contributed by atoms with Gasteiger partial charge in [-0.2, -0.15) is 0 Å². The van der Waals surface area contributed by atoms with E-state index in [2.05, 4.69) is 58.2 Å². The molecule has 0 aliphatic carbocycles. The normalized spacial score (nSPS) is 10.9. The molecule has 0 fully saturated rings. The van der Waals surface area contributed by atoms with Crippen LogP contribution in [0.2, 0.25) is 5.02 Å². The Morgan fingerprint density at radius 1 is 1.04 bits per heavy atom. The molecule has 0 aliphatic heterocycles. The van der Waals surface area contributed by atoms with Gasteiger partial charge in [-0.3, -0.25) is 0 Å². The number of ether oxygens (including phenoxy) is 1. The Morgan fingerprint density at radius 2 is 1.82 bits per heavy atom. The quantitative estimate of drug-likeness (QED) is 0.191. The maximum Gasteiger partial charge on any atom is 0.191 e. The number of hydrogen-bond acceptors (Lipinski definition) is 3. The van der Waals surface area contributed by atoms with Crippen molar-refractivity contribution in [3.8, 4) is 0 Å². The minimum Gasteiger partial charge on any atom is -0.383 e. The summed E-state index contributed by atoms with van der Waals surface area (Å²) in [6.07, 6.45) is 0.896. The van der Waals surface area contributed by atoms with Gasteiger partial charge < -0.3 is 20.7 Å². The zero-order valence-corrected chi connectivity index (χ0v) is 19.6. The van der Waals surface area contributed by atoms with Crippen LogP contribution in [0.5, 0.6) is 0 Å². The number of benzene rings is 2. The van der Waals surface area contributed by atoms with E-state index in [9.17, 15) is 0 Å². The summed E-state index contributed by atoms with van der Waals surface area (Å²) in [4.78, 5) is 4.67. The van der Waals surface area contributed by atoms with Crippen LogP contribution in [-0.2, 0) is 17.7 Å². The molecule has 5 nitrogen and oxygen atoms in total. The molecular formula is C21H30ClIN4O. The number of anilines is 1. The zero-order valence-electron chi connectivity index (χ0n) is 16.5. The minimum atomic E-state index is 0. The summed E-state index contributed by atoms with van der Waals surface area (Å²) >= 11 is 6.03. The van der Waals surface area contributed by atoms with Gasteiger partial charge in [0.25, 0.3) is 0 Å². The van der Waals surface area contributed by atoms with Crippen LogP contribution < -0.4 is 16.0 Å². The van der Waals surface area contributed by atoms with E-state index in [0.717, 1.165) is 42.7 Å². The predicted molar refractivity (Wildman–Crippen MR) is 130 cm³/mol. The molecular weight excluding hydrogens is 487 g/mol. The van der Waals surface area contributed by atoms with Gasteiger partial charge >= 0.3 is 0 Å². The van der Waals surface area contributed by atoms with E-state index in [1.165, 1.54) is 11.1 Å². The van der Waals surface area contributed by atoms with Crippen LogP contribution in [-0.4, -0.2) is 39.3 Å². The average Bonchev–Trinajstić information content (AvgIpc) is 2.67. The average molecular weight is 517 g/mol. The van der Waals surface area contributed by atoms with Crippen LogP contribution in [0.25, 0.3) is 0 Å². The van der Waals surface area contributed by atoms with Gasteiger partial charge in [-0.1, -0.05) is 35.9 Å². The maximum absolute atomic E-state index is 6.03. The zero-order chi connectivity index (χ0) is 19.3. The largest absolute Gasteiger partial charge is 0.383 e. The van der Waals surface area contributed by atoms with Gasteiger partial charge in [0, 0.05) is 37.5 Å². The number of nitrogens with one attached hydrogen (secondary N) is 3. The van der Waals surface area contributed by atoms with E-state index in [0.29, 0.717) is 13.2 Å². The molecule has 0 saturated carbocycles. The summed E-state index contributed by atoms with van der Waals surface area (Å²) in [5.41, 5.74) is 3.47. The fraction of sp³-hybridized carbons (Fsp3) is 0.381. The summed E-state index contributed by atoms with van der Waals surface area (Å²) in [5, 5.41) is 10.7. The molecule has 2 aromatic carbocycles. The second kappa shape index (κ2) is 14.5. The van der Waals surface area contributed by atoms with Crippen molar-refractivity contribution < 1.29 is 4.74 Å². The van der Waals surface area contributed by atoms with E-state index in [1.807, 2.05) is 18.2 Å². The lowest BCUT2D eigenvalue weighted by Crippen LogP contribution is -2.38. The highest BCUT2D eigenvalue weighted by Gasteiger charge is 2.00. The highest BCUT2D eigenvalue weighted by atomic mass is 127. The number of aliphatic imine (C=N–C) groups is 1. The minimum absolute atomic E-state index is 0. The van der Waals surface area contributed by atoms with Gasteiger partial charge in [-0.25, -0.2) is 4.99 Å². The van der Waals surface area contributed by atoms with Crippen molar-refractivity contribution >= 4 is 47.2 Å². The Balaban J connectivity index is 0.00000392. The number of hydrogen-bond donors (Lipinski definition) is 3. The van der Waals surface area contributed by atoms with Crippen LogP contribution in [0.4, 0.5) is 5.69 Å². The number of methoxy groups -OCH3 is 1. The molecule has 2 aromatic rings. The molecule has 0 atom stereocenters. The third kappa shape index (κ3) is 9.61. The van der Waals surface area contributed by atoms with Crippen molar-refractivity contribution in [1.82, 2.24) is 10.6 Å². The maximum atomic E-state index is 6.03. The lowest BCUT2D eigenvalue weighted by Gasteiger charge is -2.12. The molecule has 0 unspecified atom stereocenters. The fourth-order valence-electron chi connectivity index (χ4n) is 2.56. The number of halogens is 2. The molecule has 154 valence electrons. The second-order valence-corrected chi connectivity index (χ2v) is 6.55. The molecule has 0 radical (unpaired) electrons. The van der Waals surface area contributed by atoms with Crippen molar-refractivity contribution in [2.75, 3.05) is 38.7 Å². The van der Waals surface area contributed by atoms with E-state index in [1.54, 1.807) is 7.11 Å². The van der Waals surface area contributed by atoms with Crippen LogP contribution in [0.3, 0.4) is 0 Å². The monoisotopic (exact) mass is 516 g/mol. The van der Waals surface area contributed by atoms with E-state index in [4.69, 9.17) is 16.3 Å². The third-order valence-corrected chi connectivity index (χ3v) is 4.18. The summed E-state index contributed by atoms with van der Waals surface area (Å²) in [6, 6.07) is 16.3. The molecule has 0 aliphatic rings. The Bertz CT molecular complexity index is 710. The van der Waals surface area contributed by atoms with Crippen LogP contribution in [0, 0.1) is 0 Å². The number of guanidine groups is 1. The van der Waals surface area contributed by atoms with Crippen LogP contribution in [0.1, 0.15) is 18.1 Å². The van der Waals surface area contributed by atoms with Gasteiger partial charge in [0.15, 0.2) is 5.96 Å². The Labute approximate surface area is 190 Å².